The van der Waals surface area contributed by atoms with Crippen LogP contribution < -0.4 is 5.32 Å². The molecule has 1 aliphatic heterocycles. The predicted octanol–water partition coefficient (Wildman–Crippen LogP) is 2.13. The number of rotatable bonds is 1. The van der Waals surface area contributed by atoms with Crippen molar-refractivity contribution in [2.45, 2.75) is 51.1 Å². The van der Waals surface area contributed by atoms with E-state index in [0.29, 0.717) is 5.92 Å². The van der Waals surface area contributed by atoms with E-state index in [2.05, 4.69) is 15.3 Å². The molecule has 0 aromatic carbocycles. The molecule has 1 aromatic heterocycles. The monoisotopic (exact) mass is 203 g/mol. The SMILES string of the molecule is c1nc2c(c(C3CCCCC3)n1)CNC2. The molecule has 2 aliphatic rings. The van der Waals surface area contributed by atoms with Crippen LogP contribution >= 0.6 is 0 Å². The van der Waals surface area contributed by atoms with Crippen LogP contribution in [0.2, 0.25) is 0 Å². The maximum Gasteiger partial charge on any atom is 0.116 e. The quantitative estimate of drug-likeness (QED) is 0.759. The third-order valence-corrected chi connectivity index (χ3v) is 3.65. The van der Waals surface area contributed by atoms with Crippen LogP contribution in [-0.2, 0) is 13.1 Å². The molecule has 0 amide bonds. The van der Waals surface area contributed by atoms with Gasteiger partial charge >= 0.3 is 0 Å². The Bertz CT molecular complexity index is 356. The maximum atomic E-state index is 4.52. The van der Waals surface area contributed by atoms with Crippen LogP contribution in [0.25, 0.3) is 0 Å². The van der Waals surface area contributed by atoms with E-state index in [0.717, 1.165) is 13.1 Å². The second-order valence-electron chi connectivity index (χ2n) is 4.62. The largest absolute Gasteiger partial charge is 0.307 e. The summed E-state index contributed by atoms with van der Waals surface area (Å²) >= 11 is 0. The zero-order valence-corrected chi connectivity index (χ0v) is 9.00. The fourth-order valence-electron chi connectivity index (χ4n) is 2.84. The summed E-state index contributed by atoms with van der Waals surface area (Å²) in [6.45, 7) is 1.90. The van der Waals surface area contributed by atoms with Gasteiger partial charge in [-0.05, 0) is 12.8 Å². The van der Waals surface area contributed by atoms with Gasteiger partial charge in [0.05, 0.1) is 11.4 Å². The normalized spacial score (nSPS) is 21.6. The molecule has 0 saturated heterocycles. The average molecular weight is 203 g/mol. The van der Waals surface area contributed by atoms with Gasteiger partial charge in [0, 0.05) is 24.6 Å². The van der Waals surface area contributed by atoms with E-state index < -0.39 is 0 Å². The Morgan fingerprint density at radius 2 is 1.93 bits per heavy atom. The first-order chi connectivity index (χ1) is 7.45. The van der Waals surface area contributed by atoms with Gasteiger partial charge in [0.2, 0.25) is 0 Å². The Morgan fingerprint density at radius 3 is 2.80 bits per heavy atom. The molecular weight excluding hydrogens is 186 g/mol. The van der Waals surface area contributed by atoms with E-state index >= 15 is 0 Å². The Hall–Kier alpha value is -0.960. The molecule has 3 rings (SSSR count). The Morgan fingerprint density at radius 1 is 1.07 bits per heavy atom. The van der Waals surface area contributed by atoms with Crippen molar-refractivity contribution in [1.29, 1.82) is 0 Å². The molecule has 3 nitrogen and oxygen atoms in total. The van der Waals surface area contributed by atoms with E-state index in [1.54, 1.807) is 6.33 Å². The van der Waals surface area contributed by atoms with Gasteiger partial charge in [-0.1, -0.05) is 19.3 Å². The summed E-state index contributed by atoms with van der Waals surface area (Å²) in [6.07, 6.45) is 8.54. The molecule has 1 N–H and O–H groups in total. The maximum absolute atomic E-state index is 4.52. The van der Waals surface area contributed by atoms with Crippen LogP contribution in [0.1, 0.15) is 55.0 Å². The summed E-state index contributed by atoms with van der Waals surface area (Å²) in [7, 11) is 0. The van der Waals surface area contributed by atoms with Crippen LogP contribution in [0.4, 0.5) is 0 Å². The molecule has 1 fully saturated rings. The lowest BCUT2D eigenvalue weighted by atomic mass is 9.85. The van der Waals surface area contributed by atoms with Crippen molar-refractivity contribution < 1.29 is 0 Å². The molecule has 0 spiro atoms. The highest BCUT2D eigenvalue weighted by atomic mass is 15.0. The summed E-state index contributed by atoms with van der Waals surface area (Å²) in [5.41, 5.74) is 3.96. The average Bonchev–Trinajstić information content (AvgIpc) is 2.78. The predicted molar refractivity (Wildman–Crippen MR) is 58.4 cm³/mol. The van der Waals surface area contributed by atoms with Gasteiger partial charge in [0.25, 0.3) is 0 Å². The van der Waals surface area contributed by atoms with E-state index in [4.69, 9.17) is 0 Å². The second-order valence-corrected chi connectivity index (χ2v) is 4.62. The Balaban J connectivity index is 1.93. The summed E-state index contributed by atoms with van der Waals surface area (Å²) in [6, 6.07) is 0. The topological polar surface area (TPSA) is 37.8 Å². The molecule has 2 heterocycles. The number of fused-ring (bicyclic) bond motifs is 1. The summed E-state index contributed by atoms with van der Waals surface area (Å²) in [4.78, 5) is 8.86. The number of aromatic nitrogens is 2. The second kappa shape index (κ2) is 3.89. The van der Waals surface area contributed by atoms with E-state index in [-0.39, 0.29) is 0 Å². The summed E-state index contributed by atoms with van der Waals surface area (Å²) in [5, 5.41) is 3.36. The van der Waals surface area contributed by atoms with Gasteiger partial charge in [-0.3, -0.25) is 0 Å². The van der Waals surface area contributed by atoms with Crippen molar-refractivity contribution in [3.05, 3.63) is 23.3 Å². The summed E-state index contributed by atoms with van der Waals surface area (Å²) in [5.74, 6) is 0.704. The van der Waals surface area contributed by atoms with Crippen molar-refractivity contribution in [3.63, 3.8) is 0 Å². The minimum atomic E-state index is 0.704. The first-order valence-electron chi connectivity index (χ1n) is 5.98. The molecule has 0 radical (unpaired) electrons. The highest BCUT2D eigenvalue weighted by Gasteiger charge is 2.23. The number of nitrogens with one attached hydrogen (secondary N) is 1. The van der Waals surface area contributed by atoms with Crippen molar-refractivity contribution in [3.8, 4) is 0 Å². The molecule has 3 heteroatoms. The van der Waals surface area contributed by atoms with E-state index in [9.17, 15) is 0 Å². The fraction of sp³-hybridized carbons (Fsp3) is 0.667. The minimum absolute atomic E-state index is 0.704. The number of nitrogens with zero attached hydrogens (tertiary/aromatic N) is 2. The van der Waals surface area contributed by atoms with Crippen molar-refractivity contribution in [2.24, 2.45) is 0 Å². The summed E-state index contributed by atoms with van der Waals surface area (Å²) < 4.78 is 0. The molecule has 15 heavy (non-hydrogen) atoms. The lowest BCUT2D eigenvalue weighted by Gasteiger charge is -2.22. The van der Waals surface area contributed by atoms with Crippen LogP contribution in [0.15, 0.2) is 6.33 Å². The molecule has 1 saturated carbocycles. The third-order valence-electron chi connectivity index (χ3n) is 3.65. The lowest BCUT2D eigenvalue weighted by molar-refractivity contribution is 0.434. The Labute approximate surface area is 90.3 Å². The van der Waals surface area contributed by atoms with Crippen LogP contribution in [0.5, 0.6) is 0 Å². The highest BCUT2D eigenvalue weighted by Crippen LogP contribution is 2.34. The van der Waals surface area contributed by atoms with E-state index in [1.165, 1.54) is 49.1 Å². The van der Waals surface area contributed by atoms with E-state index in [1.807, 2.05) is 0 Å². The van der Waals surface area contributed by atoms with Gasteiger partial charge in [-0.15, -0.1) is 0 Å². The molecule has 1 aliphatic carbocycles. The zero-order valence-electron chi connectivity index (χ0n) is 9.00. The Kier molecular flexibility index (Phi) is 2.41. The van der Waals surface area contributed by atoms with Gasteiger partial charge < -0.3 is 5.32 Å². The first-order valence-corrected chi connectivity index (χ1v) is 5.98. The number of hydrogen-bond donors (Lipinski definition) is 1. The third kappa shape index (κ3) is 1.65. The van der Waals surface area contributed by atoms with Crippen molar-refractivity contribution in [2.75, 3.05) is 0 Å². The number of hydrogen-bond acceptors (Lipinski definition) is 3. The molecule has 0 unspecified atom stereocenters. The van der Waals surface area contributed by atoms with Crippen molar-refractivity contribution in [1.82, 2.24) is 15.3 Å². The van der Waals surface area contributed by atoms with Gasteiger partial charge in [-0.2, -0.15) is 0 Å². The van der Waals surface area contributed by atoms with Crippen LogP contribution in [-0.4, -0.2) is 9.97 Å². The van der Waals surface area contributed by atoms with Crippen molar-refractivity contribution >= 4 is 0 Å². The smallest absolute Gasteiger partial charge is 0.116 e. The molecule has 80 valence electrons. The van der Waals surface area contributed by atoms with Crippen LogP contribution in [0, 0.1) is 0 Å². The van der Waals surface area contributed by atoms with Gasteiger partial charge in [0.1, 0.15) is 6.33 Å². The standard InChI is InChI=1S/C12H17N3/c1-2-4-9(5-3-1)12-10-6-13-7-11(10)14-8-15-12/h8-9,13H,1-7H2. The first kappa shape index (κ1) is 9.28. The van der Waals surface area contributed by atoms with Gasteiger partial charge in [0.15, 0.2) is 0 Å². The molecular formula is C12H17N3. The highest BCUT2D eigenvalue weighted by molar-refractivity contribution is 5.30. The van der Waals surface area contributed by atoms with Gasteiger partial charge in [-0.25, -0.2) is 9.97 Å². The minimum Gasteiger partial charge on any atom is -0.307 e. The molecule has 1 aromatic rings. The lowest BCUT2D eigenvalue weighted by Crippen LogP contribution is -2.10. The van der Waals surface area contributed by atoms with Crippen LogP contribution in [0.3, 0.4) is 0 Å². The fourth-order valence-corrected chi connectivity index (χ4v) is 2.84. The molecule has 0 bridgehead atoms. The molecule has 0 atom stereocenters. The zero-order chi connectivity index (χ0) is 10.1.